The Morgan fingerprint density at radius 2 is 2.29 bits per heavy atom. The van der Waals surface area contributed by atoms with E-state index in [1.54, 1.807) is 6.33 Å². The molecule has 14 heavy (non-hydrogen) atoms. The summed E-state index contributed by atoms with van der Waals surface area (Å²) in [5.41, 5.74) is 0. The third kappa shape index (κ3) is 2.65. The van der Waals surface area contributed by atoms with Gasteiger partial charge in [0.2, 0.25) is 0 Å². The topological polar surface area (TPSA) is 47.8 Å². The molecule has 4 heteroatoms. The van der Waals surface area contributed by atoms with Crippen molar-refractivity contribution in [2.24, 2.45) is 0 Å². The van der Waals surface area contributed by atoms with E-state index < -0.39 is 0 Å². The number of hydrogen-bond donors (Lipinski definition) is 0. The first-order chi connectivity index (χ1) is 6.65. The summed E-state index contributed by atoms with van der Waals surface area (Å²) in [7, 11) is 0. The zero-order valence-corrected chi connectivity index (χ0v) is 9.03. The van der Waals surface area contributed by atoms with Crippen molar-refractivity contribution in [3.05, 3.63) is 12.2 Å². The van der Waals surface area contributed by atoms with Gasteiger partial charge in [-0.1, -0.05) is 6.92 Å². The van der Waals surface area contributed by atoms with Crippen molar-refractivity contribution in [1.29, 1.82) is 0 Å². The summed E-state index contributed by atoms with van der Waals surface area (Å²) < 4.78 is 1.86. The molecule has 78 valence electrons. The number of carbonyl (C=O) groups is 1. The normalized spacial score (nSPS) is 10.9. The van der Waals surface area contributed by atoms with Crippen LogP contribution >= 0.6 is 0 Å². The van der Waals surface area contributed by atoms with Gasteiger partial charge in [-0.15, -0.1) is 0 Å². The summed E-state index contributed by atoms with van der Waals surface area (Å²) in [6.07, 6.45) is 3.42. The molecule has 0 amide bonds. The molecule has 0 spiro atoms. The second-order valence-corrected chi connectivity index (χ2v) is 3.61. The second-order valence-electron chi connectivity index (χ2n) is 3.61. The maximum absolute atomic E-state index is 11.1. The van der Waals surface area contributed by atoms with Crippen LogP contribution in [0.3, 0.4) is 0 Å². The summed E-state index contributed by atoms with van der Waals surface area (Å²) >= 11 is 0. The first-order valence-electron chi connectivity index (χ1n) is 5.05. The quantitative estimate of drug-likeness (QED) is 0.719. The van der Waals surface area contributed by atoms with Crippen molar-refractivity contribution in [1.82, 2.24) is 14.8 Å². The first kappa shape index (κ1) is 10.9. The minimum atomic E-state index is 0.281. The number of aromatic nitrogens is 3. The Labute approximate surface area is 84.3 Å². The molecular formula is C10H17N3O. The predicted octanol–water partition coefficient (Wildman–Crippen LogP) is 1.77. The van der Waals surface area contributed by atoms with Crippen molar-refractivity contribution < 1.29 is 4.79 Å². The highest BCUT2D eigenvalue weighted by molar-refractivity contribution is 5.78. The molecule has 0 saturated carbocycles. The lowest BCUT2D eigenvalue weighted by atomic mass is 10.2. The van der Waals surface area contributed by atoms with Gasteiger partial charge in [0.15, 0.2) is 0 Å². The highest BCUT2D eigenvalue weighted by atomic mass is 16.1. The van der Waals surface area contributed by atoms with Gasteiger partial charge in [-0.3, -0.25) is 4.79 Å². The summed E-state index contributed by atoms with van der Waals surface area (Å²) in [5.74, 6) is 1.19. The molecule has 0 radical (unpaired) electrons. The highest BCUT2D eigenvalue weighted by Crippen LogP contribution is 2.07. The van der Waals surface area contributed by atoms with Crippen LogP contribution in [-0.2, 0) is 11.2 Å². The van der Waals surface area contributed by atoms with Crippen molar-refractivity contribution in [2.75, 3.05) is 0 Å². The highest BCUT2D eigenvalue weighted by Gasteiger charge is 2.08. The fourth-order valence-electron chi connectivity index (χ4n) is 1.31. The van der Waals surface area contributed by atoms with E-state index in [1.807, 2.05) is 11.6 Å². The van der Waals surface area contributed by atoms with Crippen molar-refractivity contribution in [2.45, 2.75) is 46.1 Å². The Bertz CT molecular complexity index is 304. The second kappa shape index (κ2) is 4.88. The molecule has 0 aromatic carbocycles. The molecule has 0 atom stereocenters. The number of hydrogen-bond acceptors (Lipinski definition) is 3. The van der Waals surface area contributed by atoms with Gasteiger partial charge >= 0.3 is 0 Å². The maximum atomic E-state index is 11.1. The van der Waals surface area contributed by atoms with Gasteiger partial charge in [-0.2, -0.15) is 5.10 Å². The Morgan fingerprint density at radius 3 is 2.86 bits per heavy atom. The lowest BCUT2D eigenvalue weighted by Crippen LogP contribution is -2.09. The molecule has 1 aromatic rings. The van der Waals surface area contributed by atoms with E-state index in [2.05, 4.69) is 23.9 Å². The largest absolute Gasteiger partial charge is 0.300 e. The van der Waals surface area contributed by atoms with E-state index in [1.165, 1.54) is 0 Å². The lowest BCUT2D eigenvalue weighted by Gasteiger charge is -2.08. The van der Waals surface area contributed by atoms with E-state index in [-0.39, 0.29) is 5.78 Å². The molecule has 0 aliphatic rings. The maximum Gasteiger partial charge on any atom is 0.138 e. The average molecular weight is 195 g/mol. The van der Waals surface area contributed by atoms with Gasteiger partial charge in [0, 0.05) is 25.3 Å². The average Bonchev–Trinajstić information content (AvgIpc) is 2.62. The SMILES string of the molecule is CCC(=O)CCc1ncnn1C(C)C. The van der Waals surface area contributed by atoms with Gasteiger partial charge in [0.05, 0.1) is 0 Å². The van der Waals surface area contributed by atoms with Crippen molar-refractivity contribution in [3.63, 3.8) is 0 Å². The third-order valence-corrected chi connectivity index (χ3v) is 2.16. The number of carbonyl (C=O) groups excluding carboxylic acids is 1. The lowest BCUT2D eigenvalue weighted by molar-refractivity contribution is -0.118. The van der Waals surface area contributed by atoms with Crippen LogP contribution in [0.5, 0.6) is 0 Å². The molecule has 0 aliphatic heterocycles. The predicted molar refractivity (Wildman–Crippen MR) is 54.0 cm³/mol. The Hall–Kier alpha value is -1.19. The molecule has 1 rings (SSSR count). The molecule has 0 aliphatic carbocycles. The molecule has 4 nitrogen and oxygen atoms in total. The molecule has 0 N–H and O–H groups in total. The fourth-order valence-corrected chi connectivity index (χ4v) is 1.31. The Morgan fingerprint density at radius 1 is 1.57 bits per heavy atom. The monoisotopic (exact) mass is 195 g/mol. The number of ketones is 1. The zero-order chi connectivity index (χ0) is 10.6. The van der Waals surface area contributed by atoms with Crippen LogP contribution in [0.25, 0.3) is 0 Å². The van der Waals surface area contributed by atoms with Crippen LogP contribution in [-0.4, -0.2) is 20.5 Å². The molecule has 1 heterocycles. The van der Waals surface area contributed by atoms with Crippen LogP contribution in [0.4, 0.5) is 0 Å². The Balaban J connectivity index is 2.58. The van der Waals surface area contributed by atoms with Gasteiger partial charge in [0.1, 0.15) is 17.9 Å². The summed E-state index contributed by atoms with van der Waals surface area (Å²) in [6, 6.07) is 0.309. The van der Waals surface area contributed by atoms with Crippen LogP contribution < -0.4 is 0 Å². The first-order valence-corrected chi connectivity index (χ1v) is 5.05. The molecule has 0 bridgehead atoms. The smallest absolute Gasteiger partial charge is 0.138 e. The van der Waals surface area contributed by atoms with Crippen LogP contribution in [0.2, 0.25) is 0 Å². The van der Waals surface area contributed by atoms with E-state index in [9.17, 15) is 4.79 Å². The van der Waals surface area contributed by atoms with E-state index >= 15 is 0 Å². The zero-order valence-electron chi connectivity index (χ0n) is 9.03. The van der Waals surface area contributed by atoms with Gasteiger partial charge < -0.3 is 0 Å². The molecular weight excluding hydrogens is 178 g/mol. The minimum absolute atomic E-state index is 0.281. The number of Topliss-reactive ketones (excluding diaryl/α,β-unsaturated/α-hetero) is 1. The standard InChI is InChI=1S/C10H17N3O/c1-4-9(14)5-6-10-11-7-12-13(10)8(2)3/h7-8H,4-6H2,1-3H3. The summed E-state index contributed by atoms with van der Waals surface area (Å²) in [4.78, 5) is 15.3. The summed E-state index contributed by atoms with van der Waals surface area (Å²) in [6.45, 7) is 6.00. The van der Waals surface area contributed by atoms with Crippen LogP contribution in [0.15, 0.2) is 6.33 Å². The minimum Gasteiger partial charge on any atom is -0.300 e. The Kier molecular flexibility index (Phi) is 3.80. The molecule has 1 aromatic heterocycles. The van der Waals surface area contributed by atoms with Gasteiger partial charge in [0.25, 0.3) is 0 Å². The molecule has 0 fully saturated rings. The van der Waals surface area contributed by atoms with E-state index in [4.69, 9.17) is 0 Å². The summed E-state index contributed by atoms with van der Waals surface area (Å²) in [5, 5.41) is 4.11. The number of aryl methyl sites for hydroxylation is 1. The fraction of sp³-hybridized carbons (Fsp3) is 0.700. The molecule has 0 unspecified atom stereocenters. The van der Waals surface area contributed by atoms with Crippen LogP contribution in [0.1, 0.15) is 45.5 Å². The molecule has 0 saturated heterocycles. The van der Waals surface area contributed by atoms with E-state index in [0.717, 1.165) is 5.82 Å². The van der Waals surface area contributed by atoms with E-state index in [0.29, 0.717) is 25.3 Å². The number of nitrogens with zero attached hydrogens (tertiary/aromatic N) is 3. The van der Waals surface area contributed by atoms with Gasteiger partial charge in [-0.05, 0) is 13.8 Å². The number of rotatable bonds is 5. The third-order valence-electron chi connectivity index (χ3n) is 2.16. The van der Waals surface area contributed by atoms with Crippen LogP contribution in [0, 0.1) is 0 Å². The van der Waals surface area contributed by atoms with Gasteiger partial charge in [-0.25, -0.2) is 9.67 Å². The van der Waals surface area contributed by atoms with Crippen molar-refractivity contribution in [3.8, 4) is 0 Å². The van der Waals surface area contributed by atoms with Crippen molar-refractivity contribution >= 4 is 5.78 Å².